The van der Waals surface area contributed by atoms with Crippen molar-refractivity contribution < 1.29 is 19.3 Å². The number of aliphatic hydroxyl groups is 1. The molecule has 1 aliphatic rings. The van der Waals surface area contributed by atoms with Crippen LogP contribution in [0.15, 0.2) is 24.3 Å². The summed E-state index contributed by atoms with van der Waals surface area (Å²) in [5.41, 5.74) is 0.00533. The Morgan fingerprint density at radius 1 is 1.16 bits per heavy atom. The van der Waals surface area contributed by atoms with Crippen molar-refractivity contribution in [2.75, 3.05) is 21.3 Å². The molecule has 0 aliphatic heterocycles. The molecule has 2 atom stereocenters. The summed E-state index contributed by atoms with van der Waals surface area (Å²) >= 11 is 0. The molecule has 0 amide bonds. The van der Waals surface area contributed by atoms with E-state index in [4.69, 9.17) is 14.2 Å². The molecule has 1 aliphatic carbocycles. The third-order valence-corrected chi connectivity index (χ3v) is 5.07. The van der Waals surface area contributed by atoms with Gasteiger partial charge in [-0.25, -0.2) is 0 Å². The summed E-state index contributed by atoms with van der Waals surface area (Å²) < 4.78 is 15.6. The van der Waals surface area contributed by atoms with E-state index >= 15 is 0 Å². The first kappa shape index (κ1) is 19.8. The number of hydrogen-bond donors (Lipinski definition) is 1. The summed E-state index contributed by atoms with van der Waals surface area (Å²) in [5, 5.41) is 11.1. The van der Waals surface area contributed by atoms with Crippen LogP contribution in [0.25, 0.3) is 0 Å². The van der Waals surface area contributed by atoms with Crippen LogP contribution in [0.2, 0.25) is 0 Å². The van der Waals surface area contributed by atoms with Crippen molar-refractivity contribution in [1.29, 1.82) is 0 Å². The Hall–Kier alpha value is -1.54. The van der Waals surface area contributed by atoms with E-state index < -0.39 is 5.60 Å². The van der Waals surface area contributed by atoms with Crippen molar-refractivity contribution in [3.63, 3.8) is 0 Å². The van der Waals surface area contributed by atoms with Crippen LogP contribution in [-0.2, 0) is 9.47 Å². The Morgan fingerprint density at radius 3 is 2.52 bits per heavy atom. The summed E-state index contributed by atoms with van der Waals surface area (Å²) in [6, 6.07) is 7.63. The van der Waals surface area contributed by atoms with Gasteiger partial charge < -0.3 is 19.3 Å². The topological polar surface area (TPSA) is 47.9 Å². The maximum atomic E-state index is 11.1. The van der Waals surface area contributed by atoms with E-state index in [9.17, 15) is 5.11 Å². The zero-order valence-electron chi connectivity index (χ0n) is 15.6. The van der Waals surface area contributed by atoms with Gasteiger partial charge in [-0.2, -0.15) is 0 Å². The Morgan fingerprint density at radius 2 is 1.88 bits per heavy atom. The maximum Gasteiger partial charge on any atom is 0.156 e. The molecule has 0 radical (unpaired) electrons. The number of ether oxygens (including phenoxy) is 3. The molecule has 1 fully saturated rings. The molecular weight excluding hydrogens is 316 g/mol. The number of hydrogen-bond acceptors (Lipinski definition) is 4. The quantitative estimate of drug-likeness (QED) is 0.603. The summed E-state index contributed by atoms with van der Waals surface area (Å²) in [6.07, 6.45) is 6.55. The minimum atomic E-state index is -0.895. The predicted molar refractivity (Wildman–Crippen MR) is 98.4 cm³/mol. The number of benzene rings is 1. The molecule has 0 unspecified atom stereocenters. The van der Waals surface area contributed by atoms with Crippen molar-refractivity contribution in [2.45, 2.75) is 56.8 Å². The fraction of sp³-hybridized carbons (Fsp3) is 0.619. The Balaban J connectivity index is 2.00. The minimum Gasteiger partial charge on any atom is -0.497 e. The van der Waals surface area contributed by atoms with Gasteiger partial charge in [0.05, 0.1) is 7.11 Å². The number of rotatable bonds is 7. The monoisotopic (exact) mass is 346 g/mol. The molecule has 4 nitrogen and oxygen atoms in total. The first-order chi connectivity index (χ1) is 12.1. The van der Waals surface area contributed by atoms with Crippen LogP contribution in [0.3, 0.4) is 0 Å². The standard InChI is InChI=1S/C21H30O4/c1-23-19-12-10-17(11-13-19)14-16-21(22)15-5-4-7-18(21)8-6-9-20(24-2)25-3/h10-13,18,20,22H,4-9,15H2,1-3H3/t18-,21+/m1/s1. The van der Waals surface area contributed by atoms with Crippen LogP contribution in [-0.4, -0.2) is 38.3 Å². The van der Waals surface area contributed by atoms with Crippen molar-refractivity contribution in [1.82, 2.24) is 0 Å². The van der Waals surface area contributed by atoms with E-state index in [0.29, 0.717) is 0 Å². The molecule has 0 aromatic heterocycles. The third kappa shape index (κ3) is 5.74. The fourth-order valence-electron chi connectivity index (χ4n) is 3.49. The van der Waals surface area contributed by atoms with E-state index in [1.807, 2.05) is 24.3 Å². The second-order valence-corrected chi connectivity index (χ2v) is 6.68. The summed E-state index contributed by atoms with van der Waals surface area (Å²) in [5.74, 6) is 7.34. The second-order valence-electron chi connectivity index (χ2n) is 6.68. The second kappa shape index (κ2) is 9.82. The van der Waals surface area contributed by atoms with Crippen molar-refractivity contribution in [3.8, 4) is 17.6 Å². The normalized spacial score (nSPS) is 23.2. The van der Waals surface area contributed by atoms with Crippen LogP contribution in [0.1, 0.15) is 50.5 Å². The van der Waals surface area contributed by atoms with Crippen molar-refractivity contribution in [2.24, 2.45) is 5.92 Å². The molecule has 1 aromatic rings. The van der Waals surface area contributed by atoms with Gasteiger partial charge in [-0.3, -0.25) is 0 Å². The molecule has 25 heavy (non-hydrogen) atoms. The highest BCUT2D eigenvalue weighted by Crippen LogP contribution is 2.37. The van der Waals surface area contributed by atoms with E-state index in [1.165, 1.54) is 0 Å². The van der Waals surface area contributed by atoms with Crippen LogP contribution >= 0.6 is 0 Å². The maximum absolute atomic E-state index is 11.1. The van der Waals surface area contributed by atoms with Gasteiger partial charge in [-0.05, 0) is 68.7 Å². The Labute approximate surface area is 151 Å². The highest BCUT2D eigenvalue weighted by molar-refractivity contribution is 5.40. The van der Waals surface area contributed by atoms with Crippen LogP contribution in [0.4, 0.5) is 0 Å². The summed E-state index contributed by atoms with van der Waals surface area (Å²) in [4.78, 5) is 0. The lowest BCUT2D eigenvalue weighted by molar-refractivity contribution is -0.108. The van der Waals surface area contributed by atoms with Gasteiger partial charge in [0.25, 0.3) is 0 Å². The molecule has 0 spiro atoms. The smallest absolute Gasteiger partial charge is 0.156 e. The SMILES string of the molecule is COc1ccc(C#C[C@@]2(O)CCCC[C@@H]2CCCC(OC)OC)cc1. The van der Waals surface area contributed by atoms with Crippen LogP contribution in [0, 0.1) is 17.8 Å². The first-order valence-electron chi connectivity index (χ1n) is 9.06. The average molecular weight is 346 g/mol. The molecule has 2 rings (SSSR count). The molecule has 138 valence electrons. The third-order valence-electron chi connectivity index (χ3n) is 5.07. The Bertz CT molecular complexity index is 568. The molecule has 1 aromatic carbocycles. The van der Waals surface area contributed by atoms with E-state index in [-0.39, 0.29) is 12.2 Å². The number of methoxy groups -OCH3 is 3. The van der Waals surface area contributed by atoms with Crippen molar-refractivity contribution >= 4 is 0 Å². The summed E-state index contributed by atoms with van der Waals surface area (Å²) in [6.45, 7) is 0. The molecule has 0 heterocycles. The van der Waals surface area contributed by atoms with Gasteiger partial charge in [0.15, 0.2) is 6.29 Å². The lowest BCUT2D eigenvalue weighted by atomic mass is 9.73. The fourth-order valence-corrected chi connectivity index (χ4v) is 3.49. The zero-order chi connectivity index (χ0) is 18.1. The minimum absolute atomic E-state index is 0.165. The molecule has 1 N–H and O–H groups in total. The average Bonchev–Trinajstić information content (AvgIpc) is 2.65. The van der Waals surface area contributed by atoms with Gasteiger partial charge in [0.1, 0.15) is 11.4 Å². The highest BCUT2D eigenvalue weighted by atomic mass is 16.7. The first-order valence-corrected chi connectivity index (χ1v) is 9.06. The largest absolute Gasteiger partial charge is 0.497 e. The molecular formula is C21H30O4. The van der Waals surface area contributed by atoms with Gasteiger partial charge in [0.2, 0.25) is 0 Å². The zero-order valence-corrected chi connectivity index (χ0v) is 15.6. The summed E-state index contributed by atoms with van der Waals surface area (Å²) in [7, 11) is 4.96. The van der Waals surface area contributed by atoms with Crippen molar-refractivity contribution in [3.05, 3.63) is 29.8 Å². The highest BCUT2D eigenvalue weighted by Gasteiger charge is 2.37. The van der Waals surface area contributed by atoms with Crippen LogP contribution < -0.4 is 4.74 Å². The molecule has 4 heteroatoms. The molecule has 1 saturated carbocycles. The van der Waals surface area contributed by atoms with E-state index in [1.54, 1.807) is 21.3 Å². The van der Waals surface area contributed by atoms with Gasteiger partial charge >= 0.3 is 0 Å². The Kier molecular flexibility index (Phi) is 7.77. The van der Waals surface area contributed by atoms with Crippen LogP contribution in [0.5, 0.6) is 5.75 Å². The molecule has 0 bridgehead atoms. The molecule has 0 saturated heterocycles. The lowest BCUT2D eigenvalue weighted by Gasteiger charge is -2.36. The van der Waals surface area contributed by atoms with Gasteiger partial charge in [-0.1, -0.05) is 18.3 Å². The lowest BCUT2D eigenvalue weighted by Crippen LogP contribution is -2.39. The van der Waals surface area contributed by atoms with E-state index in [0.717, 1.165) is 56.3 Å². The van der Waals surface area contributed by atoms with Gasteiger partial charge in [0, 0.05) is 19.8 Å². The predicted octanol–water partition coefficient (Wildman–Crippen LogP) is 3.76. The van der Waals surface area contributed by atoms with E-state index in [2.05, 4.69) is 11.8 Å². The van der Waals surface area contributed by atoms with Gasteiger partial charge in [-0.15, -0.1) is 0 Å².